The number of rotatable bonds is 5. The molecule has 0 aromatic rings. The number of aliphatic hydroxyl groups excluding tert-OH is 1. The summed E-state index contributed by atoms with van der Waals surface area (Å²) >= 11 is 0. The number of nitrogens with zero attached hydrogens (tertiary/aromatic N) is 1. The number of nitrogens with two attached hydrogens (primary N) is 1. The molecular formula is C12H26N2O. The van der Waals surface area contributed by atoms with Crippen LogP contribution in [0.4, 0.5) is 0 Å². The van der Waals surface area contributed by atoms with Crippen molar-refractivity contribution in [2.45, 2.75) is 44.6 Å². The summed E-state index contributed by atoms with van der Waals surface area (Å²) in [5.74, 6) is 0.846. The van der Waals surface area contributed by atoms with Crippen molar-refractivity contribution in [3.8, 4) is 0 Å². The standard InChI is InChI=1S/C12H26N2O/c1-12(13,10-15)9-14(2)8-11-6-4-3-5-7-11/h11,15H,3-10,13H2,1-2H3. The first-order valence-corrected chi connectivity index (χ1v) is 6.12. The number of likely N-dealkylation sites (N-methyl/N-ethyl adjacent to an activating group) is 1. The third-order valence-electron chi connectivity index (χ3n) is 3.29. The molecule has 0 aromatic carbocycles. The van der Waals surface area contributed by atoms with Gasteiger partial charge in [-0.2, -0.15) is 0 Å². The summed E-state index contributed by atoms with van der Waals surface area (Å²) in [4.78, 5) is 2.27. The lowest BCUT2D eigenvalue weighted by atomic mass is 9.89. The monoisotopic (exact) mass is 214 g/mol. The van der Waals surface area contributed by atoms with Gasteiger partial charge in [0.2, 0.25) is 0 Å². The quantitative estimate of drug-likeness (QED) is 0.723. The maximum atomic E-state index is 9.10. The Morgan fingerprint density at radius 1 is 1.33 bits per heavy atom. The zero-order chi connectivity index (χ0) is 11.3. The van der Waals surface area contributed by atoms with Gasteiger partial charge in [0.05, 0.1) is 6.61 Å². The van der Waals surface area contributed by atoms with Crippen molar-refractivity contribution in [2.24, 2.45) is 11.7 Å². The molecule has 0 heterocycles. The van der Waals surface area contributed by atoms with Crippen LogP contribution < -0.4 is 5.73 Å². The van der Waals surface area contributed by atoms with Gasteiger partial charge < -0.3 is 15.7 Å². The maximum Gasteiger partial charge on any atom is 0.0621 e. The molecule has 1 rings (SSSR count). The number of hydrogen-bond acceptors (Lipinski definition) is 3. The Bertz CT molecular complexity index is 176. The molecule has 0 bridgehead atoms. The van der Waals surface area contributed by atoms with Gasteiger partial charge in [-0.15, -0.1) is 0 Å². The Balaban J connectivity index is 2.25. The molecule has 1 aliphatic carbocycles. The molecule has 1 aliphatic rings. The summed E-state index contributed by atoms with van der Waals surface area (Å²) in [5, 5.41) is 9.10. The number of aliphatic hydroxyl groups is 1. The van der Waals surface area contributed by atoms with E-state index in [2.05, 4.69) is 11.9 Å². The SMILES string of the molecule is CN(CC1CCCCC1)CC(C)(N)CO. The molecule has 1 atom stereocenters. The van der Waals surface area contributed by atoms with Crippen molar-refractivity contribution < 1.29 is 5.11 Å². The molecule has 90 valence electrons. The fourth-order valence-corrected chi connectivity index (χ4v) is 2.54. The van der Waals surface area contributed by atoms with Gasteiger partial charge in [0.25, 0.3) is 0 Å². The molecule has 1 unspecified atom stereocenters. The van der Waals surface area contributed by atoms with Crippen molar-refractivity contribution in [1.29, 1.82) is 0 Å². The Labute approximate surface area is 93.6 Å². The first kappa shape index (κ1) is 12.9. The highest BCUT2D eigenvalue weighted by Crippen LogP contribution is 2.24. The minimum atomic E-state index is -0.455. The van der Waals surface area contributed by atoms with E-state index in [0.29, 0.717) is 0 Å². The predicted molar refractivity (Wildman–Crippen MR) is 63.8 cm³/mol. The lowest BCUT2D eigenvalue weighted by molar-refractivity contribution is 0.145. The van der Waals surface area contributed by atoms with E-state index in [1.807, 2.05) is 6.92 Å². The Hall–Kier alpha value is -0.120. The van der Waals surface area contributed by atoms with Crippen LogP contribution in [-0.4, -0.2) is 42.3 Å². The summed E-state index contributed by atoms with van der Waals surface area (Å²) in [5.41, 5.74) is 5.48. The molecule has 0 amide bonds. The first-order chi connectivity index (χ1) is 7.03. The highest BCUT2D eigenvalue weighted by atomic mass is 16.3. The maximum absolute atomic E-state index is 9.10. The lowest BCUT2D eigenvalue weighted by Crippen LogP contribution is -2.50. The first-order valence-electron chi connectivity index (χ1n) is 6.12. The van der Waals surface area contributed by atoms with E-state index in [1.165, 1.54) is 32.1 Å². The van der Waals surface area contributed by atoms with Crippen LogP contribution in [-0.2, 0) is 0 Å². The summed E-state index contributed by atoms with van der Waals surface area (Å²) in [6.07, 6.45) is 6.91. The molecule has 3 N–H and O–H groups in total. The Morgan fingerprint density at radius 2 is 1.93 bits per heavy atom. The molecule has 0 saturated heterocycles. The van der Waals surface area contributed by atoms with Crippen molar-refractivity contribution in [3.05, 3.63) is 0 Å². The van der Waals surface area contributed by atoms with Gasteiger partial charge in [0.15, 0.2) is 0 Å². The van der Waals surface area contributed by atoms with E-state index in [-0.39, 0.29) is 6.61 Å². The molecule has 1 fully saturated rings. The van der Waals surface area contributed by atoms with Crippen LogP contribution in [0.1, 0.15) is 39.0 Å². The Kier molecular flexibility index (Phi) is 5.03. The third-order valence-corrected chi connectivity index (χ3v) is 3.29. The average molecular weight is 214 g/mol. The molecule has 0 radical (unpaired) electrons. The fourth-order valence-electron chi connectivity index (χ4n) is 2.54. The fraction of sp³-hybridized carbons (Fsp3) is 1.00. The third kappa shape index (κ3) is 4.96. The van der Waals surface area contributed by atoms with Crippen LogP contribution in [0.25, 0.3) is 0 Å². The molecule has 1 saturated carbocycles. The predicted octanol–water partition coefficient (Wildman–Crippen LogP) is 1.21. The van der Waals surface area contributed by atoms with E-state index < -0.39 is 5.54 Å². The van der Waals surface area contributed by atoms with E-state index in [9.17, 15) is 0 Å². The van der Waals surface area contributed by atoms with Gasteiger partial charge in [0, 0.05) is 18.6 Å². The smallest absolute Gasteiger partial charge is 0.0621 e. The van der Waals surface area contributed by atoms with E-state index >= 15 is 0 Å². The van der Waals surface area contributed by atoms with Crippen LogP contribution in [0.5, 0.6) is 0 Å². The van der Waals surface area contributed by atoms with Gasteiger partial charge in [-0.3, -0.25) is 0 Å². The van der Waals surface area contributed by atoms with Gasteiger partial charge >= 0.3 is 0 Å². The van der Waals surface area contributed by atoms with Crippen LogP contribution in [0.3, 0.4) is 0 Å². The van der Waals surface area contributed by atoms with E-state index in [1.54, 1.807) is 0 Å². The summed E-state index contributed by atoms with van der Waals surface area (Å²) in [6, 6.07) is 0. The second kappa shape index (κ2) is 5.83. The van der Waals surface area contributed by atoms with Crippen LogP contribution >= 0.6 is 0 Å². The topological polar surface area (TPSA) is 49.5 Å². The van der Waals surface area contributed by atoms with Gasteiger partial charge in [0.1, 0.15) is 0 Å². The molecular weight excluding hydrogens is 188 g/mol. The van der Waals surface area contributed by atoms with Gasteiger partial charge in [-0.25, -0.2) is 0 Å². The minimum Gasteiger partial charge on any atom is -0.394 e. The molecule has 0 aromatic heterocycles. The molecule has 3 nitrogen and oxygen atoms in total. The van der Waals surface area contributed by atoms with Crippen molar-refractivity contribution in [1.82, 2.24) is 4.90 Å². The zero-order valence-electron chi connectivity index (χ0n) is 10.2. The molecule has 15 heavy (non-hydrogen) atoms. The highest BCUT2D eigenvalue weighted by Gasteiger charge is 2.22. The van der Waals surface area contributed by atoms with Gasteiger partial charge in [-0.1, -0.05) is 19.3 Å². The largest absolute Gasteiger partial charge is 0.394 e. The summed E-state index contributed by atoms with van der Waals surface area (Å²) in [6.45, 7) is 3.87. The summed E-state index contributed by atoms with van der Waals surface area (Å²) in [7, 11) is 2.11. The van der Waals surface area contributed by atoms with Crippen LogP contribution in [0.15, 0.2) is 0 Å². The Morgan fingerprint density at radius 3 is 2.47 bits per heavy atom. The summed E-state index contributed by atoms with van der Waals surface area (Å²) < 4.78 is 0. The van der Waals surface area contributed by atoms with Crippen molar-refractivity contribution >= 4 is 0 Å². The van der Waals surface area contributed by atoms with Crippen molar-refractivity contribution in [2.75, 3.05) is 26.7 Å². The molecule has 3 heteroatoms. The number of hydrogen-bond donors (Lipinski definition) is 2. The highest BCUT2D eigenvalue weighted by molar-refractivity contribution is 4.81. The van der Waals surface area contributed by atoms with Gasteiger partial charge in [-0.05, 0) is 32.7 Å². The zero-order valence-corrected chi connectivity index (χ0v) is 10.2. The van der Waals surface area contributed by atoms with E-state index in [4.69, 9.17) is 10.8 Å². The van der Waals surface area contributed by atoms with E-state index in [0.717, 1.165) is 19.0 Å². The van der Waals surface area contributed by atoms with Crippen LogP contribution in [0, 0.1) is 5.92 Å². The molecule has 0 aliphatic heterocycles. The van der Waals surface area contributed by atoms with Crippen molar-refractivity contribution in [3.63, 3.8) is 0 Å². The lowest BCUT2D eigenvalue weighted by Gasteiger charge is -2.32. The van der Waals surface area contributed by atoms with Crippen LogP contribution in [0.2, 0.25) is 0 Å². The minimum absolute atomic E-state index is 0.0575. The second-order valence-electron chi connectivity index (χ2n) is 5.51. The molecule has 0 spiro atoms. The normalized spacial score (nSPS) is 23.0. The second-order valence-corrected chi connectivity index (χ2v) is 5.51. The average Bonchev–Trinajstić information content (AvgIpc) is 2.18.